The molecule has 0 aromatic heterocycles. The largest absolute Gasteiger partial charge is 0.481 e. The number of methoxy groups -OCH3 is 1. The predicted octanol–water partition coefficient (Wildman–Crippen LogP) is 3.18. The van der Waals surface area contributed by atoms with Gasteiger partial charge in [0.2, 0.25) is 0 Å². The van der Waals surface area contributed by atoms with Gasteiger partial charge in [-0.15, -0.1) is 0 Å². The van der Waals surface area contributed by atoms with Crippen molar-refractivity contribution in [3.8, 4) is 0 Å². The molecule has 6 heteroatoms. The molecular weight excluding hydrogens is 370 g/mol. The Morgan fingerprint density at radius 1 is 1.07 bits per heavy atom. The highest BCUT2D eigenvalue weighted by Crippen LogP contribution is 2.32. The Morgan fingerprint density at radius 3 is 2.34 bits per heavy atom. The Bertz CT molecular complexity index is 917. The maximum Gasteiger partial charge on any atom is 0.313 e. The first-order valence-corrected chi connectivity index (χ1v) is 9.60. The van der Waals surface area contributed by atoms with Crippen LogP contribution < -0.4 is 0 Å². The van der Waals surface area contributed by atoms with Gasteiger partial charge in [0.05, 0.1) is 12.2 Å². The molecule has 0 radical (unpaired) electrons. The second kappa shape index (κ2) is 8.57. The van der Waals surface area contributed by atoms with Gasteiger partial charge in [-0.1, -0.05) is 48.0 Å². The van der Waals surface area contributed by atoms with Crippen molar-refractivity contribution in [2.45, 2.75) is 19.8 Å². The van der Waals surface area contributed by atoms with Crippen LogP contribution in [0.25, 0.3) is 0 Å². The summed E-state index contributed by atoms with van der Waals surface area (Å²) in [6.07, 6.45) is 1.01. The molecule has 0 spiro atoms. The van der Waals surface area contributed by atoms with Gasteiger partial charge in [-0.25, -0.2) is 0 Å². The molecule has 1 N–H and O–H groups in total. The van der Waals surface area contributed by atoms with E-state index in [9.17, 15) is 19.5 Å². The number of aliphatic carboxylic acids is 1. The van der Waals surface area contributed by atoms with Crippen LogP contribution in [0.15, 0.2) is 48.5 Å². The number of benzene rings is 2. The standard InChI is InChI=1S/C23H25NO5/c1-16-8-10-17(11-9-16)20(25)18-6-3-4-7-19(18)21(26)24-13-5-12-23(14-24,15-29-2)22(27)28/h3-4,6-11H,5,12-15H2,1-2H3,(H,27,28). The number of hydrogen-bond donors (Lipinski definition) is 1. The van der Waals surface area contributed by atoms with Crippen LogP contribution in [-0.2, 0) is 9.53 Å². The highest BCUT2D eigenvalue weighted by atomic mass is 16.5. The first-order chi connectivity index (χ1) is 13.9. The van der Waals surface area contributed by atoms with E-state index in [-0.39, 0.29) is 30.4 Å². The van der Waals surface area contributed by atoms with E-state index in [4.69, 9.17) is 4.74 Å². The number of ketones is 1. The molecule has 2 aromatic carbocycles. The Kier molecular flexibility index (Phi) is 6.13. The normalized spacial score (nSPS) is 19.0. The lowest BCUT2D eigenvalue weighted by atomic mass is 9.80. The molecule has 1 amide bonds. The number of amides is 1. The molecule has 29 heavy (non-hydrogen) atoms. The molecule has 152 valence electrons. The minimum Gasteiger partial charge on any atom is -0.481 e. The third kappa shape index (κ3) is 4.22. The van der Waals surface area contributed by atoms with E-state index in [1.54, 1.807) is 36.4 Å². The number of rotatable bonds is 6. The SMILES string of the molecule is COCC1(C(=O)O)CCCN(C(=O)c2ccccc2C(=O)c2ccc(C)cc2)C1. The van der Waals surface area contributed by atoms with Crippen molar-refractivity contribution in [2.75, 3.05) is 26.8 Å². The number of likely N-dealkylation sites (tertiary alicyclic amines) is 1. The van der Waals surface area contributed by atoms with Gasteiger partial charge >= 0.3 is 5.97 Å². The lowest BCUT2D eigenvalue weighted by molar-refractivity contribution is -0.155. The Labute approximate surface area is 170 Å². The maximum absolute atomic E-state index is 13.3. The number of carboxylic acid groups (broad SMARTS) is 1. The molecule has 1 atom stereocenters. The van der Waals surface area contributed by atoms with Gasteiger partial charge < -0.3 is 14.7 Å². The summed E-state index contributed by atoms with van der Waals surface area (Å²) < 4.78 is 5.14. The first kappa shape index (κ1) is 20.7. The van der Waals surface area contributed by atoms with Crippen LogP contribution in [0, 0.1) is 12.3 Å². The van der Waals surface area contributed by atoms with Crippen LogP contribution >= 0.6 is 0 Å². The highest BCUT2D eigenvalue weighted by molar-refractivity contribution is 6.15. The summed E-state index contributed by atoms with van der Waals surface area (Å²) in [4.78, 5) is 39.7. The van der Waals surface area contributed by atoms with E-state index in [0.717, 1.165) is 5.56 Å². The number of aryl methyl sites for hydroxylation is 1. The predicted molar refractivity (Wildman–Crippen MR) is 108 cm³/mol. The van der Waals surface area contributed by atoms with Crippen LogP contribution in [0.2, 0.25) is 0 Å². The molecule has 2 aromatic rings. The van der Waals surface area contributed by atoms with Crippen molar-refractivity contribution in [1.29, 1.82) is 0 Å². The van der Waals surface area contributed by atoms with Crippen molar-refractivity contribution in [1.82, 2.24) is 4.90 Å². The summed E-state index contributed by atoms with van der Waals surface area (Å²) in [7, 11) is 1.46. The second-order valence-corrected chi connectivity index (χ2v) is 7.59. The van der Waals surface area contributed by atoms with Gasteiger partial charge in [0.25, 0.3) is 5.91 Å². The summed E-state index contributed by atoms with van der Waals surface area (Å²) in [5, 5.41) is 9.73. The lowest BCUT2D eigenvalue weighted by Gasteiger charge is -2.39. The molecule has 1 saturated heterocycles. The van der Waals surface area contributed by atoms with Gasteiger partial charge in [-0.2, -0.15) is 0 Å². The molecule has 0 bridgehead atoms. The van der Waals surface area contributed by atoms with E-state index in [2.05, 4.69) is 0 Å². The molecule has 6 nitrogen and oxygen atoms in total. The van der Waals surface area contributed by atoms with Crippen LogP contribution in [-0.4, -0.2) is 54.5 Å². The van der Waals surface area contributed by atoms with Crippen molar-refractivity contribution < 1.29 is 24.2 Å². The Hall–Kier alpha value is -2.99. The fourth-order valence-corrected chi connectivity index (χ4v) is 3.83. The number of hydrogen-bond acceptors (Lipinski definition) is 4. The van der Waals surface area contributed by atoms with E-state index >= 15 is 0 Å². The first-order valence-electron chi connectivity index (χ1n) is 9.60. The monoisotopic (exact) mass is 395 g/mol. The summed E-state index contributed by atoms with van der Waals surface area (Å²) in [5.41, 5.74) is 1.03. The van der Waals surface area contributed by atoms with Crippen molar-refractivity contribution >= 4 is 17.7 Å². The zero-order valence-corrected chi connectivity index (χ0v) is 16.7. The summed E-state index contributed by atoms with van der Waals surface area (Å²) in [6.45, 7) is 2.49. The van der Waals surface area contributed by atoms with Crippen LogP contribution in [0.3, 0.4) is 0 Å². The van der Waals surface area contributed by atoms with Gasteiger partial charge in [0.1, 0.15) is 5.41 Å². The molecular formula is C23H25NO5. The molecule has 1 aliphatic rings. The fourth-order valence-electron chi connectivity index (χ4n) is 3.83. The number of nitrogens with zero attached hydrogens (tertiary/aromatic N) is 1. The molecule has 1 unspecified atom stereocenters. The van der Waals surface area contributed by atoms with Crippen LogP contribution in [0.5, 0.6) is 0 Å². The molecule has 1 aliphatic heterocycles. The van der Waals surface area contributed by atoms with E-state index in [1.807, 2.05) is 19.1 Å². The van der Waals surface area contributed by atoms with E-state index < -0.39 is 11.4 Å². The van der Waals surface area contributed by atoms with E-state index in [0.29, 0.717) is 30.5 Å². The van der Waals surface area contributed by atoms with E-state index in [1.165, 1.54) is 12.0 Å². The molecule has 0 aliphatic carbocycles. The zero-order chi connectivity index (χ0) is 21.0. The molecule has 1 heterocycles. The zero-order valence-electron chi connectivity index (χ0n) is 16.7. The fraction of sp³-hybridized carbons (Fsp3) is 0.348. The summed E-state index contributed by atoms with van der Waals surface area (Å²) >= 11 is 0. The lowest BCUT2D eigenvalue weighted by Crippen LogP contribution is -2.52. The van der Waals surface area contributed by atoms with Gasteiger partial charge in [-0.05, 0) is 25.8 Å². The average Bonchev–Trinajstić information content (AvgIpc) is 2.73. The number of carbonyl (C=O) groups is 3. The van der Waals surface area contributed by atoms with Crippen LogP contribution in [0.4, 0.5) is 0 Å². The number of ether oxygens (including phenoxy) is 1. The van der Waals surface area contributed by atoms with Crippen LogP contribution in [0.1, 0.15) is 44.7 Å². The third-order valence-electron chi connectivity index (χ3n) is 5.45. The minimum absolute atomic E-state index is 0.0378. The van der Waals surface area contributed by atoms with Gasteiger partial charge in [0.15, 0.2) is 5.78 Å². The maximum atomic E-state index is 13.3. The Balaban J connectivity index is 1.91. The van der Waals surface area contributed by atoms with Crippen molar-refractivity contribution in [2.24, 2.45) is 5.41 Å². The average molecular weight is 395 g/mol. The van der Waals surface area contributed by atoms with Crippen molar-refractivity contribution in [3.63, 3.8) is 0 Å². The van der Waals surface area contributed by atoms with Gasteiger partial charge in [0, 0.05) is 31.3 Å². The molecule has 1 fully saturated rings. The highest BCUT2D eigenvalue weighted by Gasteiger charge is 2.44. The second-order valence-electron chi connectivity index (χ2n) is 7.59. The number of piperidine rings is 1. The smallest absolute Gasteiger partial charge is 0.313 e. The number of carbonyl (C=O) groups excluding carboxylic acids is 2. The number of carboxylic acids is 1. The quantitative estimate of drug-likeness (QED) is 0.760. The molecule has 3 rings (SSSR count). The summed E-state index contributed by atoms with van der Waals surface area (Å²) in [5.74, 6) is -1.53. The minimum atomic E-state index is -1.13. The topological polar surface area (TPSA) is 83.9 Å². The van der Waals surface area contributed by atoms with Gasteiger partial charge in [-0.3, -0.25) is 14.4 Å². The summed E-state index contributed by atoms with van der Waals surface area (Å²) in [6, 6.07) is 13.9. The third-order valence-corrected chi connectivity index (χ3v) is 5.45. The van der Waals surface area contributed by atoms with Crippen molar-refractivity contribution in [3.05, 3.63) is 70.8 Å². The Morgan fingerprint density at radius 2 is 1.72 bits per heavy atom. The molecule has 0 saturated carbocycles.